The smallest absolute Gasteiger partial charge is 0.321 e. The molecule has 2 aromatic rings. The Kier molecular flexibility index (Phi) is 4.60. The number of urea groups is 1. The molecule has 7 nitrogen and oxygen atoms in total. The van der Waals surface area contributed by atoms with Gasteiger partial charge in [0, 0.05) is 12.1 Å². The topological polar surface area (TPSA) is 88.1 Å². The minimum atomic E-state index is -0.487. The number of fused-ring (bicyclic) bond motifs is 1. The number of anilines is 1. The second kappa shape index (κ2) is 7.19. The van der Waals surface area contributed by atoms with Gasteiger partial charge in [-0.2, -0.15) is 5.10 Å². The van der Waals surface area contributed by atoms with Gasteiger partial charge in [-0.05, 0) is 50.7 Å². The van der Waals surface area contributed by atoms with Crippen molar-refractivity contribution in [2.45, 2.75) is 44.6 Å². The Morgan fingerprint density at radius 3 is 2.85 bits per heavy atom. The van der Waals surface area contributed by atoms with Crippen LogP contribution in [0.5, 0.6) is 0 Å². The predicted octanol–water partition coefficient (Wildman–Crippen LogP) is 2.15. The molecule has 0 unspecified atom stereocenters. The third-order valence-electron chi connectivity index (χ3n) is 4.98. The number of amides is 3. The zero-order chi connectivity index (χ0) is 17.9. The van der Waals surface area contributed by atoms with E-state index in [0.717, 1.165) is 49.0 Å². The molecule has 0 spiro atoms. The van der Waals surface area contributed by atoms with Crippen molar-refractivity contribution >= 4 is 17.8 Å². The van der Waals surface area contributed by atoms with Gasteiger partial charge in [0.05, 0.1) is 11.4 Å². The maximum absolute atomic E-state index is 12.6. The Bertz CT molecular complexity index is 815. The first kappa shape index (κ1) is 16.6. The molecule has 136 valence electrons. The standard InChI is InChI=1S/C19H23N5O2/c25-18-16(10-4-5-12-20-18)21-19(26)22-17-14-9-6-11-15(14)23-24(17)13-7-2-1-3-8-13/h1-3,7-8,16H,4-6,9-12H2,(H,20,25)(H2,21,22,26)/t16-/m1/s1. The van der Waals surface area contributed by atoms with Gasteiger partial charge in [-0.25, -0.2) is 9.48 Å². The summed E-state index contributed by atoms with van der Waals surface area (Å²) in [5.74, 6) is 0.592. The number of aromatic nitrogens is 2. The summed E-state index contributed by atoms with van der Waals surface area (Å²) in [6, 6.07) is 8.92. The lowest BCUT2D eigenvalue weighted by Gasteiger charge is -2.17. The minimum Gasteiger partial charge on any atom is -0.354 e. The van der Waals surface area contributed by atoms with Crippen molar-refractivity contribution in [3.8, 4) is 5.69 Å². The van der Waals surface area contributed by atoms with Crippen LogP contribution in [0.1, 0.15) is 36.9 Å². The van der Waals surface area contributed by atoms with Crippen molar-refractivity contribution in [1.82, 2.24) is 20.4 Å². The number of hydrogen-bond acceptors (Lipinski definition) is 3. The largest absolute Gasteiger partial charge is 0.354 e. The molecule has 2 aliphatic rings. The Morgan fingerprint density at radius 1 is 1.15 bits per heavy atom. The molecule has 0 radical (unpaired) electrons. The number of nitrogens with zero attached hydrogens (tertiary/aromatic N) is 2. The average Bonchev–Trinajstić information content (AvgIpc) is 3.17. The fourth-order valence-electron chi connectivity index (χ4n) is 3.66. The highest BCUT2D eigenvalue weighted by Gasteiger charge is 2.26. The number of rotatable bonds is 3. The maximum atomic E-state index is 12.6. The molecule has 3 amide bonds. The van der Waals surface area contributed by atoms with Gasteiger partial charge >= 0.3 is 6.03 Å². The zero-order valence-corrected chi connectivity index (χ0v) is 14.6. The Hall–Kier alpha value is -2.83. The first-order chi connectivity index (χ1) is 12.7. The van der Waals surface area contributed by atoms with Gasteiger partial charge in [-0.3, -0.25) is 10.1 Å². The van der Waals surface area contributed by atoms with Crippen LogP contribution in [0.25, 0.3) is 5.69 Å². The molecule has 1 atom stereocenters. The molecule has 0 saturated carbocycles. The lowest BCUT2D eigenvalue weighted by atomic mass is 10.1. The lowest BCUT2D eigenvalue weighted by molar-refractivity contribution is -0.122. The number of para-hydroxylation sites is 1. The summed E-state index contributed by atoms with van der Waals surface area (Å²) in [6.45, 7) is 0.674. The van der Waals surface area contributed by atoms with Crippen LogP contribution in [0, 0.1) is 0 Å². The highest BCUT2D eigenvalue weighted by molar-refractivity contribution is 5.94. The summed E-state index contributed by atoms with van der Waals surface area (Å²) in [5.41, 5.74) is 3.04. The van der Waals surface area contributed by atoms with Gasteiger partial charge in [-0.1, -0.05) is 18.2 Å². The molecule has 0 bridgehead atoms. The van der Waals surface area contributed by atoms with Gasteiger partial charge in [-0.15, -0.1) is 0 Å². The summed E-state index contributed by atoms with van der Waals surface area (Å²) in [6.07, 6.45) is 5.41. The van der Waals surface area contributed by atoms with E-state index in [-0.39, 0.29) is 11.9 Å². The molecule has 2 heterocycles. The van der Waals surface area contributed by atoms with Crippen molar-refractivity contribution in [1.29, 1.82) is 0 Å². The van der Waals surface area contributed by atoms with E-state index >= 15 is 0 Å². The van der Waals surface area contributed by atoms with E-state index in [2.05, 4.69) is 21.0 Å². The van der Waals surface area contributed by atoms with Crippen molar-refractivity contribution in [3.63, 3.8) is 0 Å². The molecule has 26 heavy (non-hydrogen) atoms. The number of carbonyl (C=O) groups is 2. The third-order valence-corrected chi connectivity index (χ3v) is 4.98. The van der Waals surface area contributed by atoms with Crippen LogP contribution < -0.4 is 16.0 Å². The van der Waals surface area contributed by atoms with Crippen molar-refractivity contribution < 1.29 is 9.59 Å². The maximum Gasteiger partial charge on any atom is 0.321 e. The van der Waals surface area contributed by atoms with Crippen LogP contribution in [-0.2, 0) is 17.6 Å². The van der Waals surface area contributed by atoms with Crippen LogP contribution in [0.15, 0.2) is 30.3 Å². The monoisotopic (exact) mass is 353 g/mol. The number of aryl methyl sites for hydroxylation is 1. The van der Waals surface area contributed by atoms with E-state index in [1.807, 2.05) is 30.3 Å². The van der Waals surface area contributed by atoms with Gasteiger partial charge in [0.25, 0.3) is 0 Å². The van der Waals surface area contributed by atoms with Gasteiger partial charge in [0.2, 0.25) is 5.91 Å². The highest BCUT2D eigenvalue weighted by Crippen LogP contribution is 2.30. The quantitative estimate of drug-likeness (QED) is 0.790. The number of benzene rings is 1. The SMILES string of the molecule is O=C(Nc1c2c(nn1-c1ccccc1)CCC2)N[C@@H]1CCCCNC1=O. The molecule has 1 fully saturated rings. The molecule has 1 aliphatic carbocycles. The second-order valence-corrected chi connectivity index (χ2v) is 6.81. The van der Waals surface area contributed by atoms with Crippen molar-refractivity contribution in [2.24, 2.45) is 0 Å². The number of hydrogen-bond donors (Lipinski definition) is 3. The van der Waals surface area contributed by atoms with Crippen molar-refractivity contribution in [2.75, 3.05) is 11.9 Å². The first-order valence-corrected chi connectivity index (χ1v) is 9.24. The normalized spacial score (nSPS) is 19.4. The molecule has 1 aromatic carbocycles. The lowest BCUT2D eigenvalue weighted by Crippen LogP contribution is -2.47. The second-order valence-electron chi connectivity index (χ2n) is 6.81. The number of carbonyl (C=O) groups excluding carboxylic acids is 2. The van der Waals surface area contributed by atoms with Crippen LogP contribution in [0.3, 0.4) is 0 Å². The summed E-state index contributed by atoms with van der Waals surface area (Å²) in [5, 5.41) is 13.3. The van der Waals surface area contributed by atoms with E-state index in [9.17, 15) is 9.59 Å². The average molecular weight is 353 g/mol. The molecule has 1 aromatic heterocycles. The summed E-state index contributed by atoms with van der Waals surface area (Å²) in [7, 11) is 0. The van der Waals surface area contributed by atoms with Gasteiger partial charge in [0.15, 0.2) is 0 Å². The zero-order valence-electron chi connectivity index (χ0n) is 14.6. The Labute approximate surface area is 152 Å². The fraction of sp³-hybridized carbons (Fsp3) is 0.421. The van der Waals surface area contributed by atoms with E-state index in [1.54, 1.807) is 4.68 Å². The Balaban J connectivity index is 1.56. The number of nitrogens with one attached hydrogen (secondary N) is 3. The third kappa shape index (κ3) is 3.29. The van der Waals surface area contributed by atoms with E-state index < -0.39 is 6.04 Å². The molecule has 1 aliphatic heterocycles. The van der Waals surface area contributed by atoms with Gasteiger partial charge in [0.1, 0.15) is 11.9 Å². The Morgan fingerprint density at radius 2 is 2.00 bits per heavy atom. The predicted molar refractivity (Wildman–Crippen MR) is 98.4 cm³/mol. The van der Waals surface area contributed by atoms with Crippen molar-refractivity contribution in [3.05, 3.63) is 41.6 Å². The van der Waals surface area contributed by atoms with Gasteiger partial charge < -0.3 is 10.6 Å². The molecular weight excluding hydrogens is 330 g/mol. The van der Waals surface area contributed by atoms with Crippen LogP contribution in [0.4, 0.5) is 10.6 Å². The van der Waals surface area contributed by atoms with Crippen LogP contribution in [0.2, 0.25) is 0 Å². The minimum absolute atomic E-state index is 0.112. The molecule has 1 saturated heterocycles. The molecule has 7 heteroatoms. The van der Waals surface area contributed by atoms with Crippen LogP contribution in [-0.4, -0.2) is 34.3 Å². The molecular formula is C19H23N5O2. The molecule has 4 rings (SSSR count). The summed E-state index contributed by atoms with van der Waals surface area (Å²) < 4.78 is 1.79. The summed E-state index contributed by atoms with van der Waals surface area (Å²) >= 11 is 0. The molecule has 3 N–H and O–H groups in total. The van der Waals surface area contributed by atoms with E-state index in [4.69, 9.17) is 0 Å². The first-order valence-electron chi connectivity index (χ1n) is 9.24. The van der Waals surface area contributed by atoms with E-state index in [0.29, 0.717) is 18.8 Å². The highest BCUT2D eigenvalue weighted by atomic mass is 16.2. The van der Waals surface area contributed by atoms with E-state index in [1.165, 1.54) is 0 Å². The fourth-order valence-corrected chi connectivity index (χ4v) is 3.66. The summed E-state index contributed by atoms with van der Waals surface area (Å²) in [4.78, 5) is 24.6. The van der Waals surface area contributed by atoms with Crippen LogP contribution >= 0.6 is 0 Å².